The van der Waals surface area contributed by atoms with Crippen LogP contribution in [0.3, 0.4) is 0 Å². The van der Waals surface area contributed by atoms with Gasteiger partial charge >= 0.3 is 0 Å². The molecular formula is C25H23ClN6S. The standard InChI is InChI=1S/C25H23ClN6S/c1-14-30-21(13-33-14)18-7-6-17(26)10-19(18)23-31-20-9-15(16-11-28-24(27)29-12-16)5-8-22(20)32(23)25(2,3)4/h5-13H,1-4H3,(H2,27,28,29). The highest BCUT2D eigenvalue weighted by atomic mass is 35.5. The van der Waals surface area contributed by atoms with E-state index in [1.165, 1.54) is 0 Å². The number of anilines is 1. The lowest BCUT2D eigenvalue weighted by Gasteiger charge is -2.25. The first kappa shape index (κ1) is 21.6. The molecule has 33 heavy (non-hydrogen) atoms. The second kappa shape index (κ2) is 7.93. The van der Waals surface area contributed by atoms with E-state index in [9.17, 15) is 0 Å². The summed E-state index contributed by atoms with van der Waals surface area (Å²) in [7, 11) is 0. The molecule has 0 atom stereocenters. The van der Waals surface area contributed by atoms with Crippen molar-refractivity contribution >= 4 is 39.9 Å². The lowest BCUT2D eigenvalue weighted by Crippen LogP contribution is -2.22. The molecular weight excluding hydrogens is 452 g/mol. The maximum atomic E-state index is 6.46. The predicted octanol–water partition coefficient (Wildman–Crippen LogP) is 6.58. The Kier molecular flexibility index (Phi) is 5.18. The molecule has 0 spiro atoms. The van der Waals surface area contributed by atoms with Gasteiger partial charge in [-0.05, 0) is 57.5 Å². The predicted molar refractivity (Wildman–Crippen MR) is 136 cm³/mol. The number of thiazole rings is 1. The van der Waals surface area contributed by atoms with Gasteiger partial charge in [0.15, 0.2) is 0 Å². The zero-order valence-electron chi connectivity index (χ0n) is 18.8. The minimum atomic E-state index is -0.215. The molecule has 3 heterocycles. The van der Waals surface area contributed by atoms with Crippen molar-refractivity contribution in [2.75, 3.05) is 5.73 Å². The number of hydrogen-bond donors (Lipinski definition) is 1. The molecule has 0 fully saturated rings. The fraction of sp³-hybridized carbons (Fsp3) is 0.200. The molecule has 8 heteroatoms. The third-order valence-corrected chi connectivity index (χ3v) is 6.46. The average molecular weight is 475 g/mol. The summed E-state index contributed by atoms with van der Waals surface area (Å²) in [6, 6.07) is 12.1. The van der Waals surface area contributed by atoms with Gasteiger partial charge in [0.2, 0.25) is 5.95 Å². The first-order valence-electron chi connectivity index (χ1n) is 10.5. The molecule has 0 unspecified atom stereocenters. The number of hydrogen-bond acceptors (Lipinski definition) is 6. The first-order valence-corrected chi connectivity index (χ1v) is 11.8. The average Bonchev–Trinajstić information content (AvgIpc) is 3.37. The highest BCUT2D eigenvalue weighted by Gasteiger charge is 2.25. The van der Waals surface area contributed by atoms with Crippen molar-refractivity contribution in [3.05, 3.63) is 64.2 Å². The molecule has 5 aromatic rings. The second-order valence-corrected chi connectivity index (χ2v) is 10.4. The van der Waals surface area contributed by atoms with Gasteiger partial charge in [0.25, 0.3) is 0 Å². The van der Waals surface area contributed by atoms with Crippen molar-refractivity contribution < 1.29 is 0 Å². The molecule has 2 N–H and O–H groups in total. The normalized spacial score (nSPS) is 11.9. The Balaban J connectivity index is 1.76. The van der Waals surface area contributed by atoms with Gasteiger partial charge in [-0.1, -0.05) is 23.7 Å². The van der Waals surface area contributed by atoms with Crippen LogP contribution in [0.4, 0.5) is 5.95 Å². The maximum Gasteiger partial charge on any atom is 0.219 e. The van der Waals surface area contributed by atoms with Crippen LogP contribution in [0.5, 0.6) is 0 Å². The van der Waals surface area contributed by atoms with Crippen molar-refractivity contribution in [3.63, 3.8) is 0 Å². The third-order valence-electron chi connectivity index (χ3n) is 5.45. The van der Waals surface area contributed by atoms with Gasteiger partial charge in [-0.25, -0.2) is 19.9 Å². The fourth-order valence-corrected chi connectivity index (χ4v) is 4.80. The second-order valence-electron chi connectivity index (χ2n) is 8.92. The first-order chi connectivity index (χ1) is 15.7. The molecule has 0 aliphatic carbocycles. The Hall–Kier alpha value is -3.29. The van der Waals surface area contributed by atoms with Crippen LogP contribution in [0.2, 0.25) is 5.02 Å². The van der Waals surface area contributed by atoms with Crippen molar-refractivity contribution in [1.82, 2.24) is 24.5 Å². The van der Waals surface area contributed by atoms with Crippen LogP contribution in [-0.2, 0) is 5.54 Å². The zero-order valence-corrected chi connectivity index (χ0v) is 20.4. The molecule has 0 aliphatic rings. The molecule has 0 radical (unpaired) electrons. The van der Waals surface area contributed by atoms with Crippen LogP contribution in [0, 0.1) is 6.92 Å². The summed E-state index contributed by atoms with van der Waals surface area (Å²) < 4.78 is 2.26. The van der Waals surface area contributed by atoms with Gasteiger partial charge in [0, 0.05) is 45.0 Å². The van der Waals surface area contributed by atoms with E-state index in [-0.39, 0.29) is 11.5 Å². The summed E-state index contributed by atoms with van der Waals surface area (Å²) in [5.74, 6) is 1.11. The molecule has 3 aromatic heterocycles. The SMILES string of the molecule is Cc1nc(-c2ccc(Cl)cc2-c2nc3cc(-c4cnc(N)nc4)ccc3n2C(C)(C)C)cs1. The van der Waals surface area contributed by atoms with E-state index in [0.717, 1.165) is 49.8 Å². The molecule has 5 rings (SSSR count). The number of rotatable bonds is 3. The monoisotopic (exact) mass is 474 g/mol. The van der Waals surface area contributed by atoms with Crippen LogP contribution in [-0.4, -0.2) is 24.5 Å². The van der Waals surface area contributed by atoms with Crippen LogP contribution in [0.1, 0.15) is 25.8 Å². The van der Waals surface area contributed by atoms with E-state index < -0.39 is 0 Å². The zero-order chi connectivity index (χ0) is 23.3. The quantitative estimate of drug-likeness (QED) is 0.319. The van der Waals surface area contributed by atoms with E-state index in [4.69, 9.17) is 27.3 Å². The number of nitrogens with zero attached hydrogens (tertiary/aromatic N) is 5. The van der Waals surface area contributed by atoms with Gasteiger partial charge in [-0.2, -0.15) is 0 Å². The largest absolute Gasteiger partial charge is 0.368 e. The van der Waals surface area contributed by atoms with Gasteiger partial charge in [-0.15, -0.1) is 11.3 Å². The Morgan fingerprint density at radius 2 is 1.70 bits per heavy atom. The highest BCUT2D eigenvalue weighted by Crippen LogP contribution is 2.39. The van der Waals surface area contributed by atoms with Crippen molar-refractivity contribution in [1.29, 1.82) is 0 Å². The summed E-state index contributed by atoms with van der Waals surface area (Å²) in [5, 5.41) is 3.75. The summed E-state index contributed by atoms with van der Waals surface area (Å²) in [6.45, 7) is 8.54. The minimum Gasteiger partial charge on any atom is -0.368 e. The Morgan fingerprint density at radius 1 is 0.939 bits per heavy atom. The fourth-order valence-electron chi connectivity index (χ4n) is 4.02. The van der Waals surface area contributed by atoms with E-state index in [0.29, 0.717) is 5.02 Å². The van der Waals surface area contributed by atoms with Crippen LogP contribution < -0.4 is 5.73 Å². The number of fused-ring (bicyclic) bond motifs is 1. The lowest BCUT2D eigenvalue weighted by atomic mass is 10.0. The van der Waals surface area contributed by atoms with E-state index in [2.05, 4.69) is 58.9 Å². The number of nitrogens with two attached hydrogens (primary N) is 1. The molecule has 2 aromatic carbocycles. The Bertz CT molecular complexity index is 1480. The molecule has 0 aliphatic heterocycles. The number of imidazole rings is 1. The lowest BCUT2D eigenvalue weighted by molar-refractivity contribution is 0.413. The van der Waals surface area contributed by atoms with Gasteiger partial charge < -0.3 is 10.3 Å². The van der Waals surface area contributed by atoms with Gasteiger partial charge in [0.05, 0.1) is 21.7 Å². The molecule has 0 saturated carbocycles. The molecule has 6 nitrogen and oxygen atoms in total. The molecule has 0 amide bonds. The minimum absolute atomic E-state index is 0.215. The van der Waals surface area contributed by atoms with Gasteiger partial charge in [0.1, 0.15) is 5.82 Å². The number of benzene rings is 2. The number of aromatic nitrogens is 5. The summed E-state index contributed by atoms with van der Waals surface area (Å²) in [4.78, 5) is 18.1. The topological polar surface area (TPSA) is 82.5 Å². The van der Waals surface area contributed by atoms with Crippen molar-refractivity contribution in [2.45, 2.75) is 33.2 Å². The Morgan fingerprint density at radius 3 is 2.36 bits per heavy atom. The maximum absolute atomic E-state index is 6.46. The molecule has 166 valence electrons. The van der Waals surface area contributed by atoms with E-state index in [1.54, 1.807) is 23.7 Å². The summed E-state index contributed by atoms with van der Waals surface area (Å²) >= 11 is 8.09. The third kappa shape index (κ3) is 3.98. The van der Waals surface area contributed by atoms with E-state index >= 15 is 0 Å². The van der Waals surface area contributed by atoms with Crippen molar-refractivity contribution in [2.24, 2.45) is 0 Å². The number of nitrogen functional groups attached to an aromatic ring is 1. The summed E-state index contributed by atoms with van der Waals surface area (Å²) in [6.07, 6.45) is 3.45. The van der Waals surface area contributed by atoms with Crippen LogP contribution in [0.25, 0.3) is 44.8 Å². The Labute approximate surface area is 201 Å². The molecule has 0 bridgehead atoms. The van der Waals surface area contributed by atoms with Crippen LogP contribution in [0.15, 0.2) is 54.2 Å². The summed E-state index contributed by atoms with van der Waals surface area (Å²) in [5.41, 5.74) is 12.1. The van der Waals surface area contributed by atoms with E-state index in [1.807, 2.05) is 25.1 Å². The number of halogens is 1. The van der Waals surface area contributed by atoms with Crippen LogP contribution >= 0.6 is 22.9 Å². The number of aryl methyl sites for hydroxylation is 1. The molecule has 0 saturated heterocycles. The van der Waals surface area contributed by atoms with Gasteiger partial charge in [-0.3, -0.25) is 0 Å². The van der Waals surface area contributed by atoms with Crippen molar-refractivity contribution in [3.8, 4) is 33.8 Å². The highest BCUT2D eigenvalue weighted by molar-refractivity contribution is 7.09. The smallest absolute Gasteiger partial charge is 0.219 e.